The molecular weight excluding hydrogens is 439 g/mol. The highest BCUT2D eigenvalue weighted by atomic mass is 19.4. The van der Waals surface area contributed by atoms with Gasteiger partial charge >= 0.3 is 6.18 Å². The van der Waals surface area contributed by atoms with Gasteiger partial charge in [0.05, 0.1) is 41.3 Å². The number of nitrogens with one attached hydrogen (secondary N) is 2. The molecule has 4 aromatic heterocycles. The van der Waals surface area contributed by atoms with E-state index < -0.39 is 17.5 Å². The Kier molecular flexibility index (Phi) is 5.54. The summed E-state index contributed by atoms with van der Waals surface area (Å²) in [5.74, 6) is -1.50. The van der Waals surface area contributed by atoms with E-state index >= 15 is 0 Å². The number of rotatable bonds is 5. The van der Waals surface area contributed by atoms with E-state index in [1.54, 1.807) is 24.3 Å². The molecule has 0 saturated carbocycles. The molecule has 4 heterocycles. The summed E-state index contributed by atoms with van der Waals surface area (Å²) in [6, 6.07) is 7.72. The van der Waals surface area contributed by atoms with Crippen LogP contribution in [-0.2, 0) is 4.79 Å². The van der Waals surface area contributed by atoms with Crippen LogP contribution >= 0.6 is 0 Å². The molecule has 0 aliphatic heterocycles. The molecule has 11 heteroatoms. The molecule has 8 nitrogen and oxygen atoms in total. The van der Waals surface area contributed by atoms with Gasteiger partial charge in [-0.25, -0.2) is 4.98 Å². The molecule has 0 spiro atoms. The highest BCUT2D eigenvalue weighted by Gasteiger charge is 2.39. The molecule has 0 aliphatic carbocycles. The van der Waals surface area contributed by atoms with Crippen molar-refractivity contribution in [2.45, 2.75) is 13.1 Å². The van der Waals surface area contributed by atoms with Crippen LogP contribution in [0, 0.1) is 0 Å². The highest BCUT2D eigenvalue weighted by Crippen LogP contribution is 2.38. The maximum absolute atomic E-state index is 12.9. The van der Waals surface area contributed by atoms with Gasteiger partial charge in [-0.15, -0.1) is 0 Å². The number of methoxy groups -OCH3 is 1. The first-order valence-electron chi connectivity index (χ1n) is 9.55. The molecule has 0 bridgehead atoms. The minimum absolute atomic E-state index is 0.214. The van der Waals surface area contributed by atoms with Gasteiger partial charge in [-0.1, -0.05) is 0 Å². The predicted molar refractivity (Wildman–Crippen MR) is 114 cm³/mol. The average Bonchev–Trinajstić information content (AvgIpc) is 3.16. The quantitative estimate of drug-likeness (QED) is 0.432. The molecule has 2 N–H and O–H groups in total. The van der Waals surface area contributed by atoms with Crippen LogP contribution in [0.3, 0.4) is 0 Å². The number of amides is 1. The number of carbonyl (C=O) groups excluding carboxylic acids is 2. The van der Waals surface area contributed by atoms with Crippen molar-refractivity contribution in [1.29, 1.82) is 0 Å². The number of ether oxygens (including phenoxy) is 1. The summed E-state index contributed by atoms with van der Waals surface area (Å²) < 4.78 is 43.9. The van der Waals surface area contributed by atoms with Crippen LogP contribution in [0.4, 0.5) is 19.0 Å². The van der Waals surface area contributed by atoms with Crippen molar-refractivity contribution in [2.24, 2.45) is 0 Å². The van der Waals surface area contributed by atoms with E-state index in [4.69, 9.17) is 4.74 Å². The van der Waals surface area contributed by atoms with Gasteiger partial charge in [-0.05, 0) is 30.3 Å². The monoisotopic (exact) mass is 455 g/mol. The number of halogens is 3. The normalized spacial score (nSPS) is 11.4. The average molecular weight is 455 g/mol. The van der Waals surface area contributed by atoms with Crippen molar-refractivity contribution in [1.82, 2.24) is 19.9 Å². The Morgan fingerprint density at radius 3 is 2.48 bits per heavy atom. The van der Waals surface area contributed by atoms with Crippen molar-refractivity contribution < 1.29 is 27.5 Å². The summed E-state index contributed by atoms with van der Waals surface area (Å²) in [6.07, 6.45) is -1.17. The van der Waals surface area contributed by atoms with Crippen molar-refractivity contribution >= 4 is 28.5 Å². The van der Waals surface area contributed by atoms with Crippen LogP contribution in [0.25, 0.3) is 33.5 Å². The smallest absolute Gasteiger partial charge is 0.454 e. The van der Waals surface area contributed by atoms with Crippen molar-refractivity contribution in [3.05, 3.63) is 54.5 Å². The summed E-state index contributed by atoms with van der Waals surface area (Å²) in [5, 5.41) is 2.58. The van der Waals surface area contributed by atoms with Gasteiger partial charge in [0.1, 0.15) is 11.6 Å². The Morgan fingerprint density at radius 1 is 1.06 bits per heavy atom. The molecule has 0 saturated heterocycles. The molecule has 0 aliphatic rings. The number of hydrogen-bond acceptors (Lipinski definition) is 6. The lowest BCUT2D eigenvalue weighted by Crippen LogP contribution is -2.22. The number of pyridine rings is 3. The summed E-state index contributed by atoms with van der Waals surface area (Å²) in [6.45, 7) is 1.34. The fourth-order valence-electron chi connectivity index (χ4n) is 3.31. The lowest BCUT2D eigenvalue weighted by molar-refractivity contribution is -0.114. The van der Waals surface area contributed by atoms with E-state index in [0.717, 1.165) is 12.3 Å². The maximum atomic E-state index is 12.9. The minimum atomic E-state index is -5.02. The Hall–Kier alpha value is -4.28. The molecule has 4 rings (SSSR count). The van der Waals surface area contributed by atoms with E-state index in [2.05, 4.69) is 25.3 Å². The molecule has 0 atom stereocenters. The number of aromatic amines is 1. The lowest BCUT2D eigenvalue weighted by atomic mass is 10.0. The van der Waals surface area contributed by atoms with Crippen LogP contribution < -0.4 is 10.1 Å². The van der Waals surface area contributed by atoms with Gasteiger partial charge < -0.3 is 15.0 Å². The zero-order valence-corrected chi connectivity index (χ0v) is 17.3. The van der Waals surface area contributed by atoms with Crippen LogP contribution in [0.1, 0.15) is 17.3 Å². The van der Waals surface area contributed by atoms with E-state index in [1.165, 1.54) is 26.4 Å². The third-order valence-corrected chi connectivity index (χ3v) is 4.73. The number of nitrogens with zero attached hydrogens (tertiary/aromatic N) is 3. The fraction of sp³-hybridized carbons (Fsp3) is 0.136. The first-order chi connectivity index (χ1) is 15.7. The summed E-state index contributed by atoms with van der Waals surface area (Å²) >= 11 is 0. The number of anilines is 1. The van der Waals surface area contributed by atoms with E-state index in [-0.39, 0.29) is 17.2 Å². The minimum Gasteiger partial charge on any atom is -0.495 e. The molecule has 33 heavy (non-hydrogen) atoms. The number of H-pyrrole nitrogens is 1. The fourth-order valence-corrected chi connectivity index (χ4v) is 3.31. The highest BCUT2D eigenvalue weighted by molar-refractivity contribution is 6.06. The molecule has 0 radical (unpaired) electrons. The molecule has 0 aromatic carbocycles. The number of ketones is 1. The van der Waals surface area contributed by atoms with Gasteiger partial charge in [0, 0.05) is 30.4 Å². The van der Waals surface area contributed by atoms with Gasteiger partial charge in [-0.2, -0.15) is 13.2 Å². The Labute approximate surface area is 184 Å². The number of Topliss-reactive ketones (excluding diaryl/α,β-unsaturated/α-hetero) is 1. The number of carbonyl (C=O) groups is 2. The number of aromatic nitrogens is 4. The Balaban J connectivity index is 1.93. The number of fused-ring (bicyclic) bond motifs is 1. The van der Waals surface area contributed by atoms with Gasteiger partial charge in [0.15, 0.2) is 0 Å². The number of hydrogen-bond donors (Lipinski definition) is 2. The van der Waals surface area contributed by atoms with Crippen LogP contribution in [0.5, 0.6) is 5.75 Å². The molecule has 4 aromatic rings. The molecule has 0 fully saturated rings. The zero-order valence-electron chi connectivity index (χ0n) is 17.3. The van der Waals surface area contributed by atoms with Crippen LogP contribution in [0.2, 0.25) is 0 Å². The molecular formula is C22H16F3N5O3. The molecule has 1 amide bonds. The second kappa shape index (κ2) is 8.34. The summed E-state index contributed by atoms with van der Waals surface area (Å²) in [4.78, 5) is 38.8. The molecule has 168 valence electrons. The molecule has 0 unspecified atom stereocenters. The lowest BCUT2D eigenvalue weighted by Gasteiger charge is -2.07. The maximum Gasteiger partial charge on any atom is 0.454 e. The second-order valence-corrected chi connectivity index (χ2v) is 7.02. The topological polar surface area (TPSA) is 110 Å². The zero-order chi connectivity index (χ0) is 23.8. The van der Waals surface area contributed by atoms with Crippen LogP contribution in [-0.4, -0.2) is 44.9 Å². The SMILES string of the molecule is COc1ccc(-c2c(-c3ccnc(NC(C)=O)c3)[nH]c3cc(C(=O)C(F)(F)F)cnc23)nc1. The Morgan fingerprint density at radius 2 is 1.85 bits per heavy atom. The third-order valence-electron chi connectivity index (χ3n) is 4.73. The van der Waals surface area contributed by atoms with Crippen molar-refractivity contribution in [2.75, 3.05) is 12.4 Å². The largest absolute Gasteiger partial charge is 0.495 e. The van der Waals surface area contributed by atoms with Gasteiger partial charge in [0.25, 0.3) is 5.78 Å². The first-order valence-corrected chi connectivity index (χ1v) is 9.55. The van der Waals surface area contributed by atoms with E-state index in [1.807, 2.05) is 0 Å². The summed E-state index contributed by atoms with van der Waals surface area (Å²) in [7, 11) is 1.50. The van der Waals surface area contributed by atoms with Gasteiger partial charge in [-0.3, -0.25) is 19.6 Å². The van der Waals surface area contributed by atoms with Gasteiger partial charge in [0.2, 0.25) is 5.91 Å². The van der Waals surface area contributed by atoms with Crippen molar-refractivity contribution in [3.8, 4) is 28.3 Å². The van der Waals surface area contributed by atoms with E-state index in [0.29, 0.717) is 33.8 Å². The Bertz CT molecular complexity index is 1360. The standard InChI is InChI=1S/C22H16F3N5O3/c1-11(31)29-17-8-12(5-6-26-17)19-18(15-4-3-14(33-2)10-27-15)20-16(30-19)7-13(9-28-20)21(32)22(23,24)25/h3-10,30H,1-2H3,(H,26,29,31). The first kappa shape index (κ1) is 21.9. The predicted octanol–water partition coefficient (Wildman–Crippen LogP) is 4.40. The summed E-state index contributed by atoms with van der Waals surface area (Å²) in [5.41, 5.74) is 1.95. The third kappa shape index (κ3) is 4.38. The number of alkyl halides is 3. The van der Waals surface area contributed by atoms with Crippen molar-refractivity contribution in [3.63, 3.8) is 0 Å². The van der Waals surface area contributed by atoms with Crippen LogP contribution in [0.15, 0.2) is 48.9 Å². The second-order valence-electron chi connectivity index (χ2n) is 7.02. The van der Waals surface area contributed by atoms with E-state index in [9.17, 15) is 22.8 Å².